The maximum atomic E-state index is 11.7. The fraction of sp³-hybridized carbons (Fsp3) is 0.222. The quantitative estimate of drug-likeness (QED) is 0.636. The van der Waals surface area contributed by atoms with Crippen molar-refractivity contribution in [2.45, 2.75) is 26.4 Å². The van der Waals surface area contributed by atoms with Gasteiger partial charge in [0.1, 0.15) is 12.4 Å². The number of para-hydroxylation sites is 1. The van der Waals surface area contributed by atoms with Gasteiger partial charge in [0.2, 0.25) is 5.78 Å². The lowest BCUT2D eigenvalue weighted by Gasteiger charge is -2.14. The summed E-state index contributed by atoms with van der Waals surface area (Å²) in [6.07, 6.45) is 0.834. The van der Waals surface area contributed by atoms with Crippen LogP contribution in [0.15, 0.2) is 48.5 Å². The van der Waals surface area contributed by atoms with E-state index in [1.165, 1.54) is 0 Å². The molecule has 0 bridgehead atoms. The molecule has 0 spiro atoms. The molecule has 3 heteroatoms. The van der Waals surface area contributed by atoms with Crippen molar-refractivity contribution in [2.24, 2.45) is 0 Å². The lowest BCUT2D eigenvalue weighted by Crippen LogP contribution is -2.07. The highest BCUT2D eigenvalue weighted by Crippen LogP contribution is 2.26. The summed E-state index contributed by atoms with van der Waals surface area (Å²) in [7, 11) is 0. The van der Waals surface area contributed by atoms with E-state index in [0.717, 1.165) is 23.1 Å². The van der Waals surface area contributed by atoms with Gasteiger partial charge in [-0.15, -0.1) is 0 Å². The van der Waals surface area contributed by atoms with E-state index in [9.17, 15) is 4.79 Å². The van der Waals surface area contributed by atoms with Crippen LogP contribution in [0.3, 0.4) is 0 Å². The molecule has 0 heterocycles. The monoisotopic (exact) mass is 281 g/mol. The Bertz CT molecular complexity index is 647. The molecule has 108 valence electrons. The van der Waals surface area contributed by atoms with Crippen molar-refractivity contribution in [3.05, 3.63) is 65.2 Å². The number of rotatable bonds is 6. The molecule has 2 rings (SSSR count). The van der Waals surface area contributed by atoms with Crippen LogP contribution in [0.5, 0.6) is 5.75 Å². The summed E-state index contributed by atoms with van der Waals surface area (Å²) in [5.41, 5.74) is 2.47. The van der Waals surface area contributed by atoms with E-state index in [1.807, 2.05) is 30.3 Å². The third kappa shape index (κ3) is 3.57. The molecule has 0 saturated heterocycles. The third-order valence-electron chi connectivity index (χ3n) is 3.34. The fourth-order valence-corrected chi connectivity index (χ4v) is 2.21. The Morgan fingerprint density at radius 3 is 2.52 bits per heavy atom. The Balaban J connectivity index is 2.21. The highest BCUT2D eigenvalue weighted by molar-refractivity contribution is 6.34. The van der Waals surface area contributed by atoms with Gasteiger partial charge in [-0.1, -0.05) is 56.3 Å². The second-order valence-electron chi connectivity index (χ2n) is 5.15. The first kappa shape index (κ1) is 15.0. The molecule has 2 aromatic rings. The van der Waals surface area contributed by atoms with Crippen LogP contribution in [0, 0.1) is 5.41 Å². The van der Waals surface area contributed by atoms with Gasteiger partial charge in [0, 0.05) is 11.1 Å². The third-order valence-corrected chi connectivity index (χ3v) is 3.34. The first-order chi connectivity index (χ1) is 10.1. The highest BCUT2D eigenvalue weighted by atomic mass is 16.5. The Kier molecular flexibility index (Phi) is 4.88. The zero-order valence-electron chi connectivity index (χ0n) is 12.3. The van der Waals surface area contributed by atoms with Gasteiger partial charge in [0.15, 0.2) is 0 Å². The van der Waals surface area contributed by atoms with E-state index in [0.29, 0.717) is 18.1 Å². The molecule has 0 unspecified atom stereocenters. The molecule has 0 aliphatic carbocycles. The normalized spacial score (nSPS) is 10.4. The SMILES string of the molecule is CC(C)c1ccccc1OCc1ccccc1C(=O)C=N. The fourth-order valence-electron chi connectivity index (χ4n) is 2.21. The minimum absolute atomic E-state index is 0.300. The van der Waals surface area contributed by atoms with Crippen LogP contribution < -0.4 is 4.74 Å². The molecule has 3 nitrogen and oxygen atoms in total. The summed E-state index contributed by atoms with van der Waals surface area (Å²) in [4.78, 5) is 11.7. The standard InChI is InChI=1S/C18H19NO2/c1-13(2)15-8-5-6-10-18(15)21-12-14-7-3-4-9-16(14)17(20)11-19/h3-11,13,19H,12H2,1-2H3. The van der Waals surface area contributed by atoms with Crippen LogP contribution in [-0.4, -0.2) is 12.0 Å². The molecule has 0 fully saturated rings. The number of benzene rings is 2. The first-order valence-electron chi connectivity index (χ1n) is 6.98. The van der Waals surface area contributed by atoms with Crippen LogP contribution in [0.1, 0.15) is 41.3 Å². The van der Waals surface area contributed by atoms with Gasteiger partial charge in [-0.05, 0) is 17.5 Å². The van der Waals surface area contributed by atoms with Crippen LogP contribution >= 0.6 is 0 Å². The lowest BCUT2D eigenvalue weighted by molar-refractivity contribution is 0.106. The summed E-state index contributed by atoms with van der Waals surface area (Å²) in [5, 5.41) is 7.11. The van der Waals surface area contributed by atoms with E-state index in [1.54, 1.807) is 12.1 Å². The number of carbonyl (C=O) groups excluding carboxylic acids is 1. The van der Waals surface area contributed by atoms with E-state index in [4.69, 9.17) is 10.1 Å². The van der Waals surface area contributed by atoms with Crippen molar-refractivity contribution in [2.75, 3.05) is 0 Å². The van der Waals surface area contributed by atoms with Crippen molar-refractivity contribution in [3.63, 3.8) is 0 Å². The molecule has 0 radical (unpaired) electrons. The van der Waals surface area contributed by atoms with E-state index >= 15 is 0 Å². The maximum absolute atomic E-state index is 11.7. The molecule has 2 aromatic carbocycles. The van der Waals surface area contributed by atoms with Gasteiger partial charge in [0.25, 0.3) is 0 Å². The Morgan fingerprint density at radius 1 is 1.14 bits per heavy atom. The predicted octanol–water partition coefficient (Wildman–Crippen LogP) is 4.22. The van der Waals surface area contributed by atoms with Crippen LogP contribution in [0.2, 0.25) is 0 Å². The molecule has 0 amide bonds. The summed E-state index contributed by atoms with van der Waals surface area (Å²) < 4.78 is 5.89. The number of hydrogen-bond donors (Lipinski definition) is 1. The van der Waals surface area contributed by atoms with Gasteiger partial charge in [-0.25, -0.2) is 0 Å². The lowest BCUT2D eigenvalue weighted by atomic mass is 10.0. The Morgan fingerprint density at radius 2 is 1.81 bits per heavy atom. The van der Waals surface area contributed by atoms with Gasteiger partial charge < -0.3 is 10.1 Å². The average Bonchev–Trinajstić information content (AvgIpc) is 2.52. The number of hydrogen-bond acceptors (Lipinski definition) is 3. The predicted molar refractivity (Wildman–Crippen MR) is 84.4 cm³/mol. The van der Waals surface area contributed by atoms with Crippen molar-refractivity contribution in [1.29, 1.82) is 5.41 Å². The molecule has 1 N–H and O–H groups in total. The van der Waals surface area contributed by atoms with E-state index in [2.05, 4.69) is 19.9 Å². The topological polar surface area (TPSA) is 50.2 Å². The minimum atomic E-state index is -0.300. The zero-order valence-corrected chi connectivity index (χ0v) is 12.3. The highest BCUT2D eigenvalue weighted by Gasteiger charge is 2.11. The number of ether oxygens (including phenoxy) is 1. The Labute approximate surface area is 125 Å². The Hall–Kier alpha value is -2.42. The van der Waals surface area contributed by atoms with Crippen LogP contribution in [0.4, 0.5) is 0 Å². The molecular formula is C18H19NO2. The van der Waals surface area contributed by atoms with Gasteiger partial charge in [-0.3, -0.25) is 4.79 Å². The summed E-state index contributed by atoms with van der Waals surface area (Å²) in [6, 6.07) is 15.2. The zero-order chi connectivity index (χ0) is 15.2. The smallest absolute Gasteiger partial charge is 0.203 e. The number of nitrogens with one attached hydrogen (secondary N) is 1. The van der Waals surface area contributed by atoms with Crippen LogP contribution in [-0.2, 0) is 6.61 Å². The van der Waals surface area contributed by atoms with Crippen LogP contribution in [0.25, 0.3) is 0 Å². The van der Waals surface area contributed by atoms with E-state index < -0.39 is 0 Å². The number of carbonyl (C=O) groups is 1. The second kappa shape index (κ2) is 6.84. The van der Waals surface area contributed by atoms with Crippen molar-refractivity contribution >= 4 is 12.0 Å². The molecule has 0 aliphatic heterocycles. The molecular weight excluding hydrogens is 262 g/mol. The summed E-state index contributed by atoms with van der Waals surface area (Å²) in [6.45, 7) is 4.56. The molecule has 0 aromatic heterocycles. The van der Waals surface area contributed by atoms with Gasteiger partial charge in [-0.2, -0.15) is 0 Å². The summed E-state index contributed by atoms with van der Waals surface area (Å²) >= 11 is 0. The minimum Gasteiger partial charge on any atom is -0.489 e. The molecule has 0 atom stereocenters. The maximum Gasteiger partial charge on any atom is 0.203 e. The van der Waals surface area contributed by atoms with Crippen molar-refractivity contribution in [1.82, 2.24) is 0 Å². The van der Waals surface area contributed by atoms with E-state index in [-0.39, 0.29) is 5.78 Å². The average molecular weight is 281 g/mol. The summed E-state index contributed by atoms with van der Waals surface area (Å²) in [5.74, 6) is 0.913. The molecule has 21 heavy (non-hydrogen) atoms. The number of Topliss-reactive ketones (excluding diaryl/α,β-unsaturated/α-hetero) is 1. The van der Waals surface area contributed by atoms with Gasteiger partial charge in [0.05, 0.1) is 6.21 Å². The largest absolute Gasteiger partial charge is 0.489 e. The van der Waals surface area contributed by atoms with Gasteiger partial charge >= 0.3 is 0 Å². The van der Waals surface area contributed by atoms with Crippen molar-refractivity contribution < 1.29 is 9.53 Å². The van der Waals surface area contributed by atoms with Crippen molar-refractivity contribution in [3.8, 4) is 5.75 Å². The molecule has 0 saturated carbocycles. The second-order valence-corrected chi connectivity index (χ2v) is 5.15. The first-order valence-corrected chi connectivity index (χ1v) is 6.98. The molecule has 0 aliphatic rings. The number of ketones is 1.